The summed E-state index contributed by atoms with van der Waals surface area (Å²) in [5.74, 6) is 1.54. The van der Waals surface area contributed by atoms with Crippen molar-refractivity contribution >= 4 is 23.4 Å². The van der Waals surface area contributed by atoms with Gasteiger partial charge in [0, 0.05) is 54.4 Å². The number of rotatable bonds is 9. The molecule has 0 N–H and O–H groups in total. The topological polar surface area (TPSA) is 45.1 Å². The van der Waals surface area contributed by atoms with Crippen LogP contribution in [0.4, 0.5) is 4.79 Å². The van der Waals surface area contributed by atoms with E-state index in [0.717, 1.165) is 49.0 Å². The summed E-state index contributed by atoms with van der Waals surface area (Å²) in [4.78, 5) is 21.3. The van der Waals surface area contributed by atoms with Gasteiger partial charge in [0.15, 0.2) is 0 Å². The van der Waals surface area contributed by atoms with Gasteiger partial charge in [-0.05, 0) is 95.9 Å². The third kappa shape index (κ3) is 18.0. The Morgan fingerprint density at radius 2 is 1.63 bits per heavy atom. The first kappa shape index (κ1) is 43.5. The summed E-state index contributed by atoms with van der Waals surface area (Å²) < 4.78 is 5.54. The van der Waals surface area contributed by atoms with Crippen LogP contribution < -0.4 is 0 Å². The van der Waals surface area contributed by atoms with Crippen LogP contribution in [-0.2, 0) is 11.2 Å². The fourth-order valence-electron chi connectivity index (χ4n) is 4.77. The van der Waals surface area contributed by atoms with E-state index >= 15 is 0 Å². The summed E-state index contributed by atoms with van der Waals surface area (Å²) in [6.07, 6.45) is 13.3. The van der Waals surface area contributed by atoms with Crippen molar-refractivity contribution in [2.75, 3.05) is 26.2 Å². The number of hydrogen-bond acceptors (Lipinski definition) is 4. The molecule has 0 aromatic heterocycles. The maximum Gasteiger partial charge on any atom is 0.410 e. The van der Waals surface area contributed by atoms with Gasteiger partial charge in [-0.15, -0.1) is 0 Å². The molecule has 1 atom stereocenters. The molecule has 1 amide bonds. The Morgan fingerprint density at radius 3 is 2.07 bits per heavy atom. The van der Waals surface area contributed by atoms with Crippen LogP contribution in [0, 0.1) is 11.8 Å². The number of benzene rings is 1. The number of aryl methyl sites for hydroxylation is 1. The first-order chi connectivity index (χ1) is 21.8. The van der Waals surface area contributed by atoms with Crippen LogP contribution in [0.25, 0.3) is 0 Å². The van der Waals surface area contributed by atoms with Gasteiger partial charge >= 0.3 is 6.09 Å². The van der Waals surface area contributed by atoms with E-state index in [2.05, 4.69) is 78.5 Å². The Kier molecular flexibility index (Phi) is 22.4. The Bertz CT molecular complexity index is 1120. The number of nitrogens with zero attached hydrogens (tertiary/aromatic N) is 3. The van der Waals surface area contributed by atoms with E-state index in [1.165, 1.54) is 41.7 Å². The molecule has 2 fully saturated rings. The molecule has 5 nitrogen and oxygen atoms in total. The summed E-state index contributed by atoms with van der Waals surface area (Å²) in [5, 5.41) is 0.839. The Balaban J connectivity index is 0.00000102. The summed E-state index contributed by atoms with van der Waals surface area (Å²) >= 11 is 5.78. The highest BCUT2D eigenvalue weighted by atomic mass is 35.5. The lowest BCUT2D eigenvalue weighted by Gasteiger charge is -2.38. The molecule has 3 rings (SSSR count). The molecule has 1 saturated heterocycles. The van der Waals surface area contributed by atoms with Crippen molar-refractivity contribution < 1.29 is 9.53 Å². The van der Waals surface area contributed by atoms with Gasteiger partial charge in [-0.25, -0.2) is 4.79 Å². The first-order valence-corrected chi connectivity index (χ1v) is 18.2. The van der Waals surface area contributed by atoms with Gasteiger partial charge in [0.25, 0.3) is 0 Å². The standard InChI is InChI=1S/C25H43N3O2.C9H11Cl.C4H8.C2H6/c1-10-13-14-26-20(5)23(22(12-3)19(4)11-2)21(6)27-15-17-28(18-16-27)24(29)30-25(7,8)9;1-2-4-8-5-3-6-9(10)7-8;1-4-2-3-4;1-2/h12-14,19H,10-11,15-18H2,1-9H3;3,5-7H,2,4H2,1H3;4H,2-3H2,1H3;1-2H3/b14-13+,22-12-,23-21-,26-20+;;;. The van der Waals surface area contributed by atoms with Crippen LogP contribution in [-0.4, -0.2) is 53.4 Å². The van der Waals surface area contributed by atoms with Crippen molar-refractivity contribution in [2.45, 2.75) is 134 Å². The molecular formula is C40H68ClN3O2. The Hall–Kier alpha value is -2.53. The number of carbonyl (C=O) groups is 1. The van der Waals surface area contributed by atoms with Crippen LogP contribution in [0.15, 0.2) is 64.5 Å². The SMILES string of the molecule is CC.CC1CC1.CCCc1cccc(Cl)c1.C\C=C(C(/C(C)=N/C=C/CC)=C(/C)N1CCN(C(=O)OC(C)(C)C)CC1)\C(C)CC. The fraction of sp³-hybridized carbons (Fsp3) is 0.650. The molecule has 46 heavy (non-hydrogen) atoms. The number of carbonyl (C=O) groups excluding carboxylic acids is 1. The molecular weight excluding hydrogens is 590 g/mol. The third-order valence-corrected chi connectivity index (χ3v) is 8.01. The monoisotopic (exact) mass is 658 g/mol. The number of piperazine rings is 1. The van der Waals surface area contributed by atoms with Crippen molar-refractivity contribution in [1.82, 2.24) is 9.80 Å². The molecule has 262 valence electrons. The predicted octanol–water partition coefficient (Wildman–Crippen LogP) is 11.9. The van der Waals surface area contributed by atoms with Crippen LogP contribution in [0.5, 0.6) is 0 Å². The minimum Gasteiger partial charge on any atom is -0.444 e. The van der Waals surface area contributed by atoms with E-state index in [9.17, 15) is 4.79 Å². The van der Waals surface area contributed by atoms with Crippen LogP contribution in [0.1, 0.15) is 128 Å². The molecule has 0 spiro atoms. The summed E-state index contributed by atoms with van der Waals surface area (Å²) in [6, 6.07) is 8.02. The minimum atomic E-state index is -0.464. The van der Waals surface area contributed by atoms with Gasteiger partial charge < -0.3 is 14.5 Å². The fourth-order valence-corrected chi connectivity index (χ4v) is 4.98. The second-order valence-electron chi connectivity index (χ2n) is 13.0. The van der Waals surface area contributed by atoms with Gasteiger partial charge in [-0.2, -0.15) is 0 Å². The second kappa shape index (κ2) is 23.7. The normalized spacial score (nSPS) is 16.7. The summed E-state index contributed by atoms with van der Waals surface area (Å²) in [7, 11) is 0. The van der Waals surface area contributed by atoms with Gasteiger partial charge in [0.05, 0.1) is 0 Å². The third-order valence-electron chi connectivity index (χ3n) is 7.78. The number of aliphatic imine (C=N–C) groups is 1. The molecule has 1 aliphatic heterocycles. The molecule has 0 radical (unpaired) electrons. The largest absolute Gasteiger partial charge is 0.444 e. The number of ether oxygens (including phenoxy) is 1. The van der Waals surface area contributed by atoms with Crippen LogP contribution >= 0.6 is 11.6 Å². The number of halogens is 1. The average molecular weight is 658 g/mol. The zero-order chi connectivity index (χ0) is 35.3. The maximum atomic E-state index is 12.4. The van der Waals surface area contributed by atoms with Gasteiger partial charge in [0.2, 0.25) is 0 Å². The molecule has 2 aliphatic rings. The number of amides is 1. The Labute approximate surface area is 289 Å². The van der Waals surface area contributed by atoms with E-state index in [0.29, 0.717) is 19.0 Å². The molecule has 1 aromatic carbocycles. The van der Waals surface area contributed by atoms with E-state index in [4.69, 9.17) is 21.3 Å². The summed E-state index contributed by atoms with van der Waals surface area (Å²) in [5.41, 5.74) is 5.72. The van der Waals surface area contributed by atoms with Gasteiger partial charge in [0.1, 0.15) is 5.60 Å². The summed E-state index contributed by atoms with van der Waals surface area (Å²) in [6.45, 7) is 30.1. The lowest BCUT2D eigenvalue weighted by Crippen LogP contribution is -2.49. The van der Waals surface area contributed by atoms with Crippen LogP contribution in [0.2, 0.25) is 5.02 Å². The zero-order valence-corrected chi connectivity index (χ0v) is 32.6. The molecule has 0 bridgehead atoms. The highest BCUT2D eigenvalue weighted by Gasteiger charge is 2.27. The quantitative estimate of drug-likeness (QED) is 0.196. The second-order valence-corrected chi connectivity index (χ2v) is 13.5. The Morgan fingerprint density at radius 1 is 1.07 bits per heavy atom. The van der Waals surface area contributed by atoms with Gasteiger partial charge in [-0.1, -0.05) is 104 Å². The highest BCUT2D eigenvalue weighted by molar-refractivity contribution is 6.30. The number of hydrogen-bond donors (Lipinski definition) is 0. The van der Waals surface area contributed by atoms with Crippen LogP contribution in [0.3, 0.4) is 0 Å². The van der Waals surface area contributed by atoms with Crippen molar-refractivity contribution in [3.05, 3.63) is 70.0 Å². The highest BCUT2D eigenvalue weighted by Crippen LogP contribution is 2.29. The van der Waals surface area contributed by atoms with Crippen molar-refractivity contribution in [1.29, 1.82) is 0 Å². The van der Waals surface area contributed by atoms with Gasteiger partial charge in [-0.3, -0.25) is 4.99 Å². The lowest BCUT2D eigenvalue weighted by molar-refractivity contribution is 0.0168. The predicted molar refractivity (Wildman–Crippen MR) is 203 cm³/mol. The molecule has 6 heteroatoms. The average Bonchev–Trinajstić information content (AvgIpc) is 3.82. The smallest absolute Gasteiger partial charge is 0.410 e. The first-order valence-electron chi connectivity index (χ1n) is 17.8. The molecule has 1 aromatic rings. The van der Waals surface area contributed by atoms with Crippen molar-refractivity contribution in [3.63, 3.8) is 0 Å². The molecule has 1 saturated carbocycles. The van der Waals surface area contributed by atoms with E-state index < -0.39 is 5.60 Å². The molecule has 1 aliphatic carbocycles. The zero-order valence-electron chi connectivity index (χ0n) is 31.8. The van der Waals surface area contributed by atoms with Crippen molar-refractivity contribution in [3.8, 4) is 0 Å². The van der Waals surface area contributed by atoms with E-state index in [-0.39, 0.29) is 6.09 Å². The maximum absolute atomic E-state index is 12.4. The van der Waals surface area contributed by atoms with Crippen molar-refractivity contribution in [2.24, 2.45) is 16.8 Å². The lowest BCUT2D eigenvalue weighted by atomic mass is 9.87. The molecule has 1 heterocycles. The van der Waals surface area contributed by atoms with E-state index in [1.54, 1.807) is 0 Å². The number of allylic oxidation sites excluding steroid dienone is 5. The minimum absolute atomic E-state index is 0.222. The van der Waals surface area contributed by atoms with E-state index in [1.807, 2.05) is 63.9 Å². The molecule has 1 unspecified atom stereocenters.